The van der Waals surface area contributed by atoms with Crippen molar-refractivity contribution in [2.75, 3.05) is 18.5 Å². The number of benzene rings is 1. The molecule has 0 aliphatic carbocycles. The van der Waals surface area contributed by atoms with Crippen LogP contribution in [-0.2, 0) is 4.79 Å². The van der Waals surface area contributed by atoms with Gasteiger partial charge in [-0.05, 0) is 54.0 Å². The second-order valence-corrected chi connectivity index (χ2v) is 7.59. The standard InChI is InChI=1S/C23H24N4O2S/c1-3-4-17(14-22(29)25-11-12-28)13-16(2)26-23-27-20-6-5-19(15-21(20)30-23)18-7-9-24-10-8-18/h3-10,13,15,28H,2,11-12,14H2,1H3,(H,25,29)(H,26,27)/b4-3-,17-13+. The van der Waals surface area contributed by atoms with Gasteiger partial charge in [0.15, 0.2) is 5.13 Å². The Labute approximate surface area is 179 Å². The van der Waals surface area contributed by atoms with Crippen LogP contribution in [0.4, 0.5) is 5.13 Å². The molecule has 3 N–H and O–H groups in total. The van der Waals surface area contributed by atoms with Crippen molar-refractivity contribution in [2.45, 2.75) is 13.3 Å². The maximum Gasteiger partial charge on any atom is 0.224 e. The lowest BCUT2D eigenvalue weighted by molar-refractivity contribution is -0.120. The highest BCUT2D eigenvalue weighted by Gasteiger charge is 2.08. The lowest BCUT2D eigenvalue weighted by atomic mass is 10.1. The zero-order valence-corrected chi connectivity index (χ0v) is 17.6. The van der Waals surface area contributed by atoms with Crippen LogP contribution < -0.4 is 10.6 Å². The smallest absolute Gasteiger partial charge is 0.224 e. The minimum absolute atomic E-state index is 0.0802. The zero-order valence-electron chi connectivity index (χ0n) is 16.8. The molecular weight excluding hydrogens is 396 g/mol. The summed E-state index contributed by atoms with van der Waals surface area (Å²) in [6.07, 6.45) is 9.33. The number of amides is 1. The molecule has 0 atom stereocenters. The molecule has 0 aliphatic rings. The van der Waals surface area contributed by atoms with Gasteiger partial charge in [0, 0.05) is 24.6 Å². The molecule has 7 heteroatoms. The maximum atomic E-state index is 11.9. The summed E-state index contributed by atoms with van der Waals surface area (Å²) in [5.41, 5.74) is 4.59. The number of carbonyl (C=O) groups is 1. The van der Waals surface area contributed by atoms with Crippen LogP contribution in [0.3, 0.4) is 0 Å². The number of hydrogen-bond acceptors (Lipinski definition) is 6. The molecule has 0 spiro atoms. The van der Waals surface area contributed by atoms with Crippen LogP contribution in [-0.4, -0.2) is 34.1 Å². The van der Waals surface area contributed by atoms with Crippen LogP contribution >= 0.6 is 11.3 Å². The molecule has 3 rings (SSSR count). The van der Waals surface area contributed by atoms with Gasteiger partial charge in [-0.1, -0.05) is 36.1 Å². The minimum atomic E-state index is -0.148. The molecule has 0 saturated carbocycles. The summed E-state index contributed by atoms with van der Waals surface area (Å²) in [5.74, 6) is -0.148. The average molecular weight is 421 g/mol. The third-order valence-electron chi connectivity index (χ3n) is 4.21. The van der Waals surface area contributed by atoms with Crippen molar-refractivity contribution in [1.82, 2.24) is 15.3 Å². The third kappa shape index (κ3) is 5.85. The second kappa shape index (κ2) is 10.5. The number of aromatic nitrogens is 2. The van der Waals surface area contributed by atoms with Gasteiger partial charge in [-0.3, -0.25) is 9.78 Å². The van der Waals surface area contributed by atoms with Crippen molar-refractivity contribution in [3.8, 4) is 11.1 Å². The number of nitrogens with zero attached hydrogens (tertiary/aromatic N) is 2. The predicted octanol–water partition coefficient (Wildman–Crippen LogP) is 4.29. The maximum absolute atomic E-state index is 11.9. The lowest BCUT2D eigenvalue weighted by Crippen LogP contribution is -2.26. The Morgan fingerprint density at radius 3 is 2.77 bits per heavy atom. The quantitative estimate of drug-likeness (QED) is 0.450. The summed E-state index contributed by atoms with van der Waals surface area (Å²) >= 11 is 1.55. The number of allylic oxidation sites excluding steroid dienone is 3. The number of aliphatic hydroxyl groups excluding tert-OH is 1. The van der Waals surface area contributed by atoms with E-state index >= 15 is 0 Å². The van der Waals surface area contributed by atoms with Crippen LogP contribution in [0.5, 0.6) is 0 Å². The molecular formula is C23H24N4O2S. The van der Waals surface area contributed by atoms with E-state index in [1.54, 1.807) is 23.7 Å². The molecule has 2 aromatic heterocycles. The number of carbonyl (C=O) groups excluding carboxylic acids is 1. The van der Waals surface area contributed by atoms with E-state index in [1.807, 2.05) is 49.4 Å². The Kier molecular flexibility index (Phi) is 7.48. The van der Waals surface area contributed by atoms with Gasteiger partial charge >= 0.3 is 0 Å². The summed E-state index contributed by atoms with van der Waals surface area (Å²) in [6, 6.07) is 10.1. The van der Waals surface area contributed by atoms with Crippen LogP contribution in [0.15, 0.2) is 78.8 Å². The van der Waals surface area contributed by atoms with Gasteiger partial charge in [0.2, 0.25) is 5.91 Å². The van der Waals surface area contributed by atoms with Gasteiger partial charge < -0.3 is 15.7 Å². The molecule has 0 unspecified atom stereocenters. The van der Waals surface area contributed by atoms with E-state index in [9.17, 15) is 4.79 Å². The minimum Gasteiger partial charge on any atom is -0.395 e. The fraction of sp³-hybridized carbons (Fsp3) is 0.174. The van der Waals surface area contributed by atoms with E-state index in [0.29, 0.717) is 5.70 Å². The Balaban J connectivity index is 1.73. The SMILES string of the molecule is C=C(/C=C(\C=C/C)CC(=O)NCCO)Nc1nc2ccc(-c3ccncc3)cc2s1. The van der Waals surface area contributed by atoms with Crippen LogP contribution in [0.1, 0.15) is 13.3 Å². The number of rotatable bonds is 9. The summed E-state index contributed by atoms with van der Waals surface area (Å²) in [6.45, 7) is 6.10. The van der Waals surface area contributed by atoms with Crippen molar-refractivity contribution >= 4 is 32.6 Å². The van der Waals surface area contributed by atoms with Gasteiger partial charge in [-0.25, -0.2) is 4.98 Å². The summed E-state index contributed by atoms with van der Waals surface area (Å²) in [5, 5.41) is 15.4. The van der Waals surface area contributed by atoms with Gasteiger partial charge in [-0.15, -0.1) is 0 Å². The Morgan fingerprint density at radius 2 is 2.03 bits per heavy atom. The third-order valence-corrected chi connectivity index (χ3v) is 5.14. The van der Waals surface area contributed by atoms with E-state index in [2.05, 4.69) is 33.2 Å². The molecule has 6 nitrogen and oxygen atoms in total. The van der Waals surface area contributed by atoms with Crippen LogP contribution in [0.2, 0.25) is 0 Å². The molecule has 0 radical (unpaired) electrons. The molecule has 154 valence electrons. The molecule has 30 heavy (non-hydrogen) atoms. The first-order chi connectivity index (χ1) is 14.6. The largest absolute Gasteiger partial charge is 0.395 e. The molecule has 0 bridgehead atoms. The number of pyridine rings is 1. The highest BCUT2D eigenvalue weighted by Crippen LogP contribution is 2.31. The first-order valence-corrected chi connectivity index (χ1v) is 10.4. The molecule has 1 amide bonds. The van der Waals surface area contributed by atoms with Crippen molar-refractivity contribution in [3.05, 3.63) is 78.8 Å². The van der Waals surface area contributed by atoms with E-state index in [0.717, 1.165) is 32.0 Å². The summed E-state index contributed by atoms with van der Waals surface area (Å²) in [4.78, 5) is 20.6. The monoisotopic (exact) mass is 420 g/mol. The average Bonchev–Trinajstić information content (AvgIpc) is 3.14. The number of hydrogen-bond donors (Lipinski definition) is 3. The van der Waals surface area contributed by atoms with Crippen molar-refractivity contribution in [2.24, 2.45) is 0 Å². The van der Waals surface area contributed by atoms with E-state index in [1.165, 1.54) is 0 Å². The molecule has 1 aromatic carbocycles. The Morgan fingerprint density at radius 1 is 1.23 bits per heavy atom. The summed E-state index contributed by atoms with van der Waals surface area (Å²) in [7, 11) is 0. The van der Waals surface area contributed by atoms with E-state index < -0.39 is 0 Å². The molecule has 0 fully saturated rings. The lowest BCUT2D eigenvalue weighted by Gasteiger charge is -2.06. The van der Waals surface area contributed by atoms with Crippen LogP contribution in [0, 0.1) is 0 Å². The van der Waals surface area contributed by atoms with E-state index in [-0.39, 0.29) is 25.5 Å². The number of aliphatic hydroxyl groups is 1. The summed E-state index contributed by atoms with van der Waals surface area (Å²) < 4.78 is 1.07. The second-order valence-electron chi connectivity index (χ2n) is 6.56. The molecule has 0 aliphatic heterocycles. The van der Waals surface area contributed by atoms with Crippen molar-refractivity contribution < 1.29 is 9.90 Å². The van der Waals surface area contributed by atoms with Crippen molar-refractivity contribution in [3.63, 3.8) is 0 Å². The zero-order chi connectivity index (χ0) is 21.3. The highest BCUT2D eigenvalue weighted by atomic mass is 32.1. The van der Waals surface area contributed by atoms with Gasteiger partial charge in [-0.2, -0.15) is 0 Å². The first-order valence-electron chi connectivity index (χ1n) is 9.57. The predicted molar refractivity (Wildman–Crippen MR) is 123 cm³/mol. The van der Waals surface area contributed by atoms with E-state index in [4.69, 9.17) is 5.11 Å². The van der Waals surface area contributed by atoms with Crippen molar-refractivity contribution in [1.29, 1.82) is 0 Å². The number of anilines is 1. The van der Waals surface area contributed by atoms with Gasteiger partial charge in [0.05, 0.1) is 23.2 Å². The highest BCUT2D eigenvalue weighted by molar-refractivity contribution is 7.22. The van der Waals surface area contributed by atoms with Gasteiger partial charge in [0.1, 0.15) is 0 Å². The van der Waals surface area contributed by atoms with Crippen LogP contribution in [0.25, 0.3) is 21.3 Å². The topological polar surface area (TPSA) is 87.1 Å². The Hall–Kier alpha value is -3.29. The normalized spacial score (nSPS) is 11.7. The molecule has 2 heterocycles. The number of nitrogens with one attached hydrogen (secondary N) is 2. The molecule has 0 saturated heterocycles. The van der Waals surface area contributed by atoms with Gasteiger partial charge in [0.25, 0.3) is 0 Å². The fourth-order valence-corrected chi connectivity index (χ4v) is 3.85. The first kappa shape index (κ1) is 21.4. The molecule has 3 aromatic rings. The Bertz CT molecular complexity index is 1090. The number of fused-ring (bicyclic) bond motifs is 1. The number of thiazole rings is 1. The fourth-order valence-electron chi connectivity index (χ4n) is 2.91.